The van der Waals surface area contributed by atoms with Gasteiger partial charge in [0.25, 0.3) is 0 Å². The van der Waals surface area contributed by atoms with Crippen molar-refractivity contribution in [3.8, 4) is 0 Å². The van der Waals surface area contributed by atoms with E-state index in [1.165, 1.54) is 12.1 Å². The maximum Gasteiger partial charge on any atom is 0.238 e. The summed E-state index contributed by atoms with van der Waals surface area (Å²) in [5.41, 5.74) is 3.91. The first-order valence-corrected chi connectivity index (χ1v) is 8.24. The van der Waals surface area contributed by atoms with Crippen molar-refractivity contribution in [2.45, 2.75) is 17.9 Å². The molecule has 1 aromatic heterocycles. The first-order chi connectivity index (χ1) is 9.05. The van der Waals surface area contributed by atoms with Crippen LogP contribution in [0.15, 0.2) is 40.1 Å². The van der Waals surface area contributed by atoms with Gasteiger partial charge in [0, 0.05) is 11.9 Å². The van der Waals surface area contributed by atoms with Crippen LogP contribution in [-0.4, -0.2) is 19.9 Å². The normalized spacial score (nSPS) is 11.6. The quantitative estimate of drug-likeness (QED) is 0.783. The largest absolute Gasteiger partial charge is 0.311 e. The highest BCUT2D eigenvalue weighted by Gasteiger charge is 2.06. The summed E-state index contributed by atoms with van der Waals surface area (Å²) in [6, 6.07) is 6.63. The minimum Gasteiger partial charge on any atom is -0.311 e. The Morgan fingerprint density at radius 3 is 2.58 bits per heavy atom. The predicted molar refractivity (Wildman–Crippen MR) is 75.3 cm³/mol. The molecule has 7 heteroatoms. The second-order valence-electron chi connectivity index (χ2n) is 4.10. The Morgan fingerprint density at radius 1 is 1.26 bits per heavy atom. The molecule has 0 radical (unpaired) electrons. The van der Waals surface area contributed by atoms with Gasteiger partial charge in [-0.1, -0.05) is 12.1 Å². The fourth-order valence-electron chi connectivity index (χ4n) is 1.62. The van der Waals surface area contributed by atoms with Gasteiger partial charge in [0.05, 0.1) is 16.1 Å². The van der Waals surface area contributed by atoms with E-state index >= 15 is 0 Å². The van der Waals surface area contributed by atoms with Gasteiger partial charge in [-0.3, -0.25) is 0 Å². The third-order valence-corrected chi connectivity index (χ3v) is 4.20. The molecule has 0 atom stereocenters. The van der Waals surface area contributed by atoms with E-state index in [-0.39, 0.29) is 4.90 Å². The summed E-state index contributed by atoms with van der Waals surface area (Å²) in [4.78, 5) is 4.32. The maximum absolute atomic E-state index is 11.1. The lowest BCUT2D eigenvalue weighted by Crippen LogP contribution is -2.17. The number of thiazole rings is 1. The summed E-state index contributed by atoms with van der Waals surface area (Å²) in [6.45, 7) is 1.56. The number of hydrogen-bond acceptors (Lipinski definition) is 5. The molecule has 2 rings (SSSR count). The lowest BCUT2D eigenvalue weighted by molar-refractivity contribution is 0.597. The fraction of sp³-hybridized carbons (Fsp3) is 0.250. The van der Waals surface area contributed by atoms with E-state index in [9.17, 15) is 8.42 Å². The van der Waals surface area contributed by atoms with Gasteiger partial charge < -0.3 is 5.32 Å². The Kier molecular flexibility index (Phi) is 4.65. The monoisotopic (exact) mass is 297 g/mol. The molecule has 19 heavy (non-hydrogen) atoms. The van der Waals surface area contributed by atoms with Crippen molar-refractivity contribution in [1.29, 1.82) is 0 Å². The van der Waals surface area contributed by atoms with Crippen LogP contribution in [0.1, 0.15) is 11.3 Å². The molecule has 0 fully saturated rings. The topological polar surface area (TPSA) is 85.1 Å². The van der Waals surface area contributed by atoms with Crippen LogP contribution >= 0.6 is 11.3 Å². The molecule has 0 spiro atoms. The molecule has 3 N–H and O–H groups in total. The van der Waals surface area contributed by atoms with Crippen LogP contribution in [0.5, 0.6) is 0 Å². The van der Waals surface area contributed by atoms with Gasteiger partial charge in [-0.25, -0.2) is 18.5 Å². The Balaban J connectivity index is 1.80. The van der Waals surface area contributed by atoms with E-state index in [4.69, 9.17) is 5.14 Å². The van der Waals surface area contributed by atoms with Crippen molar-refractivity contribution in [3.63, 3.8) is 0 Å². The third-order valence-electron chi connectivity index (χ3n) is 2.63. The van der Waals surface area contributed by atoms with Crippen LogP contribution in [0.4, 0.5) is 0 Å². The van der Waals surface area contributed by atoms with Crippen molar-refractivity contribution in [3.05, 3.63) is 46.4 Å². The van der Waals surface area contributed by atoms with Gasteiger partial charge in [0.15, 0.2) is 0 Å². The molecule has 5 nitrogen and oxygen atoms in total. The summed E-state index contributed by atoms with van der Waals surface area (Å²) in [7, 11) is -3.60. The zero-order valence-electron chi connectivity index (χ0n) is 10.2. The molecule has 0 bridgehead atoms. The fourth-order valence-corrected chi connectivity index (χ4v) is 2.69. The Morgan fingerprint density at radius 2 is 2.00 bits per heavy atom. The Labute approximate surface area is 116 Å². The summed E-state index contributed by atoms with van der Waals surface area (Å²) in [5, 5.41) is 10.3. The lowest BCUT2D eigenvalue weighted by atomic mass is 10.1. The van der Waals surface area contributed by atoms with E-state index in [1.54, 1.807) is 23.5 Å². The van der Waals surface area contributed by atoms with E-state index in [0.29, 0.717) is 0 Å². The van der Waals surface area contributed by atoms with Crippen LogP contribution in [0.25, 0.3) is 0 Å². The number of sulfonamides is 1. The van der Waals surface area contributed by atoms with Crippen molar-refractivity contribution < 1.29 is 8.42 Å². The summed E-state index contributed by atoms with van der Waals surface area (Å²) >= 11 is 1.58. The molecule has 0 unspecified atom stereocenters. The van der Waals surface area contributed by atoms with Crippen LogP contribution < -0.4 is 10.5 Å². The van der Waals surface area contributed by atoms with Crippen molar-refractivity contribution in [2.24, 2.45) is 5.14 Å². The first-order valence-electron chi connectivity index (χ1n) is 5.75. The maximum atomic E-state index is 11.1. The molecule has 0 saturated heterocycles. The number of nitrogens with one attached hydrogen (secondary N) is 1. The van der Waals surface area contributed by atoms with Crippen LogP contribution in [-0.2, 0) is 23.0 Å². The number of aromatic nitrogens is 1. The predicted octanol–water partition coefficient (Wildman–Crippen LogP) is 1.12. The van der Waals surface area contributed by atoms with Gasteiger partial charge >= 0.3 is 0 Å². The van der Waals surface area contributed by atoms with Crippen LogP contribution in [0, 0.1) is 0 Å². The van der Waals surface area contributed by atoms with Gasteiger partial charge in [-0.15, -0.1) is 11.3 Å². The average molecular weight is 297 g/mol. The minimum absolute atomic E-state index is 0.145. The summed E-state index contributed by atoms with van der Waals surface area (Å²) in [5.74, 6) is 0. The average Bonchev–Trinajstić information content (AvgIpc) is 2.87. The van der Waals surface area contributed by atoms with Gasteiger partial charge in [-0.2, -0.15) is 0 Å². The minimum atomic E-state index is -3.60. The molecule has 2 aromatic rings. The van der Waals surface area contributed by atoms with Crippen LogP contribution in [0.2, 0.25) is 0 Å². The lowest BCUT2D eigenvalue weighted by Gasteiger charge is -2.04. The first kappa shape index (κ1) is 14.1. The second kappa shape index (κ2) is 6.25. The number of rotatable bonds is 6. The number of hydrogen-bond donors (Lipinski definition) is 2. The van der Waals surface area contributed by atoms with Gasteiger partial charge in [-0.05, 0) is 30.7 Å². The SMILES string of the molecule is NS(=O)(=O)c1ccc(CCNCc2cscn2)cc1. The highest BCUT2D eigenvalue weighted by molar-refractivity contribution is 7.89. The van der Waals surface area contributed by atoms with Crippen molar-refractivity contribution >= 4 is 21.4 Å². The molecular weight excluding hydrogens is 282 g/mol. The second-order valence-corrected chi connectivity index (χ2v) is 6.38. The molecule has 0 saturated carbocycles. The molecular formula is C12H15N3O2S2. The van der Waals surface area contributed by atoms with Crippen molar-refractivity contribution in [2.75, 3.05) is 6.54 Å². The Hall–Kier alpha value is -1.28. The molecule has 0 aliphatic heterocycles. The van der Waals surface area contributed by atoms with E-state index < -0.39 is 10.0 Å². The molecule has 0 aliphatic carbocycles. The summed E-state index contributed by atoms with van der Waals surface area (Å²) in [6.07, 6.45) is 0.828. The molecule has 1 aromatic carbocycles. The van der Waals surface area contributed by atoms with Gasteiger partial charge in [0.2, 0.25) is 10.0 Å². The van der Waals surface area contributed by atoms with E-state index in [0.717, 1.165) is 30.8 Å². The number of nitrogens with zero attached hydrogens (tertiary/aromatic N) is 1. The smallest absolute Gasteiger partial charge is 0.238 e. The van der Waals surface area contributed by atoms with Crippen LogP contribution in [0.3, 0.4) is 0 Å². The number of nitrogens with two attached hydrogens (primary N) is 1. The Bertz CT molecular complexity index is 607. The van der Waals surface area contributed by atoms with Gasteiger partial charge in [0.1, 0.15) is 0 Å². The number of benzene rings is 1. The zero-order chi connectivity index (χ0) is 13.7. The third kappa shape index (κ3) is 4.39. The summed E-state index contributed by atoms with van der Waals surface area (Å²) < 4.78 is 22.2. The molecule has 102 valence electrons. The molecule has 1 heterocycles. The number of primary sulfonamides is 1. The molecule has 0 amide bonds. The highest BCUT2D eigenvalue weighted by Crippen LogP contribution is 2.09. The highest BCUT2D eigenvalue weighted by atomic mass is 32.2. The van der Waals surface area contributed by atoms with E-state index in [1.807, 2.05) is 10.9 Å². The molecule has 0 aliphatic rings. The van der Waals surface area contributed by atoms with E-state index in [2.05, 4.69) is 10.3 Å². The van der Waals surface area contributed by atoms with Crippen molar-refractivity contribution in [1.82, 2.24) is 10.3 Å². The standard InChI is InChI=1S/C12H15N3O2S2/c13-19(16,17)12-3-1-10(2-4-12)5-6-14-7-11-8-18-9-15-11/h1-4,8-9,14H,5-7H2,(H2,13,16,17). The zero-order valence-corrected chi connectivity index (χ0v) is 11.9.